The first-order chi connectivity index (χ1) is 32.9. The van der Waals surface area contributed by atoms with Crippen LogP contribution >= 0.6 is 0 Å². The number of amides is 3. The third kappa shape index (κ3) is 14.3. The smallest absolute Gasteiger partial charge is 0.364 e. The van der Waals surface area contributed by atoms with Gasteiger partial charge in [0.15, 0.2) is 18.4 Å². The number of hydrogen-bond donors (Lipinski definition) is 16. The van der Waals surface area contributed by atoms with Gasteiger partial charge in [-0.25, -0.2) is 4.79 Å². The zero-order chi connectivity index (χ0) is 52.4. The van der Waals surface area contributed by atoms with Crippen molar-refractivity contribution in [2.75, 3.05) is 39.5 Å². The van der Waals surface area contributed by atoms with Crippen LogP contribution in [-0.4, -0.2) is 263 Å². The van der Waals surface area contributed by atoms with Crippen molar-refractivity contribution in [2.45, 2.75) is 181 Å². The molecular formula is C39H66N6O25. The lowest BCUT2D eigenvalue weighted by atomic mass is 9.87. The van der Waals surface area contributed by atoms with E-state index in [1.54, 1.807) is 0 Å². The number of aliphatic hydroxyl groups excluding tert-OH is 12. The summed E-state index contributed by atoms with van der Waals surface area (Å²) in [5.41, 5.74) is 8.46. The van der Waals surface area contributed by atoms with Crippen LogP contribution in [0, 0.1) is 0 Å². The summed E-state index contributed by atoms with van der Waals surface area (Å²) in [5, 5.41) is 153. The molecule has 0 aromatic carbocycles. The Balaban J connectivity index is 1.62. The van der Waals surface area contributed by atoms with Gasteiger partial charge in [-0.1, -0.05) is 5.11 Å². The van der Waals surface area contributed by atoms with E-state index in [2.05, 4.69) is 26.0 Å². The van der Waals surface area contributed by atoms with Crippen molar-refractivity contribution < 1.29 is 123 Å². The fourth-order valence-electron chi connectivity index (χ4n) is 8.57. The van der Waals surface area contributed by atoms with Crippen LogP contribution in [0.25, 0.3) is 10.4 Å². The number of rotatable bonds is 23. The molecule has 0 saturated carbocycles. The standard InChI is InChI=1S/C39H66N6O25/c1-14(49)41-10-19(54)25(55)32-24(44-16(3)51)18(53)9-39(70-32,37(61)62)67-21(12-47)27(57)33-23(43-15(2)50)17(52)8-38(4,68-33)69-34-26(56)20(11-46)64-36(30(34)60)66-31-22(13-48)65-35(29(59)28(31)58)63-7-5-6-42-45-40/h17-36,46-48,52-60H,5-13H2,1-4H3,(H,41,49)(H,43,50)(H,44,51)(H,61,62)/t17-,18-,19-,20?,21-,22?,23-,24-,25-,26+,27-,28-,29?,30?,31-,32?,33?,34+,35-,36+,38-,39-/m1/s1. The Labute approximate surface area is 398 Å². The fourth-order valence-corrected chi connectivity index (χ4v) is 8.57. The number of azide groups is 1. The van der Waals surface area contributed by atoms with E-state index < -0.39 is 197 Å². The van der Waals surface area contributed by atoms with Gasteiger partial charge >= 0.3 is 5.97 Å². The highest BCUT2D eigenvalue weighted by atomic mass is 16.8. The highest BCUT2D eigenvalue weighted by molar-refractivity contribution is 5.77. The molecule has 0 radical (unpaired) electrons. The SMILES string of the molecule is CC(=O)NC[C@@H](O)[C@@H](O)C1O[C@@](O[C@H](CO)[C@@H](O)C2O[C@](C)(O[C@@H]3C(O)[C@H](O[C@@H]4C(CO)O[C@@H](OCCCN=[N+]=[N-])C(O)[C@H]4O)OC(CO)[C@@H]3O)C[C@@H](O)[C@H]2NC(C)=O)(C(=O)O)C[C@@H](O)[C@H]1NC(C)=O. The number of ether oxygens (including phenoxy) is 8. The topological polar surface area (TPSA) is 490 Å². The van der Waals surface area contributed by atoms with Gasteiger partial charge in [-0.2, -0.15) is 0 Å². The molecule has 0 spiro atoms. The zero-order valence-corrected chi connectivity index (χ0v) is 38.5. The molecule has 4 fully saturated rings. The molecule has 4 aliphatic heterocycles. The number of nitrogens with zero attached hydrogens (tertiary/aromatic N) is 3. The Bertz CT molecular complexity index is 1790. The van der Waals surface area contributed by atoms with Crippen molar-refractivity contribution in [3.8, 4) is 0 Å². The summed E-state index contributed by atoms with van der Waals surface area (Å²) < 4.78 is 46.0. The van der Waals surface area contributed by atoms with Crippen molar-refractivity contribution in [2.24, 2.45) is 5.11 Å². The van der Waals surface area contributed by atoms with Crippen LogP contribution in [0.4, 0.5) is 0 Å². The Morgan fingerprint density at radius 1 is 0.771 bits per heavy atom. The first-order valence-corrected chi connectivity index (χ1v) is 22.1. The van der Waals surface area contributed by atoms with Gasteiger partial charge in [-0.15, -0.1) is 0 Å². The van der Waals surface area contributed by atoms with E-state index in [9.17, 15) is 85.6 Å². The molecule has 0 aromatic rings. The fraction of sp³-hybridized carbons (Fsp3) is 0.897. The molecule has 31 nitrogen and oxygen atoms in total. The largest absolute Gasteiger partial charge is 0.477 e. The van der Waals surface area contributed by atoms with Gasteiger partial charge < -0.3 is 120 Å². The van der Waals surface area contributed by atoms with E-state index >= 15 is 0 Å². The lowest BCUT2D eigenvalue weighted by molar-refractivity contribution is -0.391. The molecule has 3 amide bonds. The van der Waals surface area contributed by atoms with E-state index in [4.69, 9.17) is 43.4 Å². The summed E-state index contributed by atoms with van der Waals surface area (Å²) in [6.45, 7) is 0.465. The third-order valence-corrected chi connectivity index (χ3v) is 12.0. The van der Waals surface area contributed by atoms with Crippen LogP contribution < -0.4 is 16.0 Å². The quantitative estimate of drug-likeness (QED) is 0.0196. The molecule has 0 aromatic heterocycles. The molecule has 0 bridgehead atoms. The van der Waals surface area contributed by atoms with Crippen LogP contribution in [0.2, 0.25) is 0 Å². The van der Waals surface area contributed by atoms with Gasteiger partial charge in [0.05, 0.1) is 50.2 Å². The second-order valence-electron chi connectivity index (χ2n) is 17.5. The number of hydrogen-bond acceptors (Lipinski definition) is 25. The van der Waals surface area contributed by atoms with E-state index in [0.29, 0.717) is 0 Å². The van der Waals surface area contributed by atoms with E-state index in [-0.39, 0.29) is 19.6 Å². The monoisotopic (exact) mass is 1020 g/mol. The summed E-state index contributed by atoms with van der Waals surface area (Å²) in [4.78, 5) is 51.7. The average molecular weight is 1020 g/mol. The molecule has 31 heteroatoms. The number of aliphatic hydroxyl groups is 12. The molecule has 22 atom stereocenters. The number of aliphatic carboxylic acids is 1. The normalized spacial score (nSPS) is 39.6. The second kappa shape index (κ2) is 25.9. The molecule has 4 saturated heterocycles. The van der Waals surface area contributed by atoms with Crippen molar-refractivity contribution in [3.63, 3.8) is 0 Å². The number of carbonyl (C=O) groups is 4. The van der Waals surface area contributed by atoms with Gasteiger partial charge in [-0.3, -0.25) is 14.4 Å². The van der Waals surface area contributed by atoms with Gasteiger partial charge in [0.25, 0.3) is 5.79 Å². The first kappa shape index (κ1) is 59.0. The van der Waals surface area contributed by atoms with E-state index in [1.165, 1.54) is 0 Å². The van der Waals surface area contributed by atoms with Crippen molar-refractivity contribution in [3.05, 3.63) is 10.4 Å². The molecule has 4 rings (SSSR count). The first-order valence-electron chi connectivity index (χ1n) is 22.1. The predicted octanol–water partition coefficient (Wildman–Crippen LogP) is -8.25. The van der Waals surface area contributed by atoms with Gasteiger partial charge in [0.2, 0.25) is 17.7 Å². The summed E-state index contributed by atoms with van der Waals surface area (Å²) in [5.74, 6) is -9.67. The molecule has 6 unspecified atom stereocenters. The molecule has 70 heavy (non-hydrogen) atoms. The molecule has 16 N–H and O–H groups in total. The predicted molar refractivity (Wildman–Crippen MR) is 223 cm³/mol. The van der Waals surface area contributed by atoms with Gasteiger partial charge in [-0.05, 0) is 18.9 Å². The van der Waals surface area contributed by atoms with Crippen LogP contribution in [0.3, 0.4) is 0 Å². The summed E-state index contributed by atoms with van der Waals surface area (Å²) in [6, 6.07) is -3.26. The van der Waals surface area contributed by atoms with Gasteiger partial charge in [0.1, 0.15) is 79.4 Å². The Morgan fingerprint density at radius 2 is 1.36 bits per heavy atom. The average Bonchev–Trinajstić information content (AvgIpc) is 3.29. The molecule has 4 aliphatic rings. The van der Waals surface area contributed by atoms with Crippen LogP contribution in [0.5, 0.6) is 0 Å². The summed E-state index contributed by atoms with van der Waals surface area (Å²) in [6.07, 6.45) is -35.9. The zero-order valence-electron chi connectivity index (χ0n) is 38.5. The molecule has 4 heterocycles. The summed E-state index contributed by atoms with van der Waals surface area (Å²) in [7, 11) is 0. The number of carboxylic acids is 1. The van der Waals surface area contributed by atoms with Crippen LogP contribution in [0.1, 0.15) is 47.0 Å². The molecule has 402 valence electrons. The number of carboxylic acid groups (broad SMARTS) is 1. The Kier molecular flexibility index (Phi) is 21.8. The summed E-state index contributed by atoms with van der Waals surface area (Å²) >= 11 is 0. The Morgan fingerprint density at radius 3 is 1.90 bits per heavy atom. The number of nitrogens with one attached hydrogen (secondary N) is 3. The van der Waals surface area contributed by atoms with Crippen molar-refractivity contribution in [1.29, 1.82) is 0 Å². The maximum Gasteiger partial charge on any atom is 0.364 e. The van der Waals surface area contributed by atoms with Crippen molar-refractivity contribution >= 4 is 23.7 Å². The lowest BCUT2D eigenvalue weighted by Gasteiger charge is -2.52. The van der Waals surface area contributed by atoms with E-state index in [0.717, 1.165) is 27.7 Å². The maximum atomic E-state index is 13.0. The van der Waals surface area contributed by atoms with E-state index in [1.807, 2.05) is 0 Å². The van der Waals surface area contributed by atoms with Crippen LogP contribution in [-0.2, 0) is 57.1 Å². The maximum absolute atomic E-state index is 13.0. The minimum Gasteiger partial charge on any atom is -0.477 e. The van der Waals surface area contributed by atoms with Crippen molar-refractivity contribution in [1.82, 2.24) is 16.0 Å². The van der Waals surface area contributed by atoms with Crippen LogP contribution in [0.15, 0.2) is 5.11 Å². The number of carbonyl (C=O) groups excluding carboxylic acids is 3. The molecule has 0 aliphatic carbocycles. The van der Waals surface area contributed by atoms with Gasteiger partial charge in [0, 0.05) is 58.2 Å². The second-order valence-corrected chi connectivity index (χ2v) is 17.5. The lowest BCUT2D eigenvalue weighted by Crippen LogP contribution is -2.70. The minimum atomic E-state index is -3.13. The highest BCUT2D eigenvalue weighted by Gasteiger charge is 2.60. The Hall–Kier alpha value is -3.61. The highest BCUT2D eigenvalue weighted by Crippen LogP contribution is 2.40. The third-order valence-electron chi connectivity index (χ3n) is 12.0. The minimum absolute atomic E-state index is 0.0369. The molecular weight excluding hydrogens is 952 g/mol.